The van der Waals surface area contributed by atoms with Crippen LogP contribution in [0.1, 0.15) is 36.0 Å². The lowest BCUT2D eigenvalue weighted by molar-refractivity contribution is -0.173. The average Bonchev–Trinajstić information content (AvgIpc) is 3.36. The van der Waals surface area contributed by atoms with E-state index in [0.29, 0.717) is 71.5 Å². The first-order chi connectivity index (χ1) is 19.2. The fourth-order valence-electron chi connectivity index (χ4n) is 5.81. The molecule has 2 aromatic rings. The lowest BCUT2D eigenvalue weighted by atomic mass is 9.78. The number of aliphatic hydroxyl groups excluding tert-OH is 1. The van der Waals surface area contributed by atoms with E-state index in [4.69, 9.17) is 28.8 Å². The molecule has 3 atom stereocenters. The molecular formula is C31H39NO7. The summed E-state index contributed by atoms with van der Waals surface area (Å²) in [4.78, 5) is 15.4. The van der Waals surface area contributed by atoms with Gasteiger partial charge in [-0.1, -0.05) is 42.5 Å². The van der Waals surface area contributed by atoms with E-state index in [0.717, 1.165) is 6.42 Å². The SMILES string of the molecule is CCO[C@@H]1OC(C(=O)N2CCOCC2)=C[C@H](c2cccc3c2Cc2ccccc2-3)[C@@H]1CCOCCOCCO. The van der Waals surface area contributed by atoms with Gasteiger partial charge in [-0.2, -0.15) is 0 Å². The number of fused-ring (bicyclic) bond motifs is 3. The summed E-state index contributed by atoms with van der Waals surface area (Å²) in [7, 11) is 0. The van der Waals surface area contributed by atoms with Gasteiger partial charge in [0, 0.05) is 38.1 Å². The van der Waals surface area contributed by atoms with E-state index in [-0.39, 0.29) is 24.3 Å². The topological polar surface area (TPSA) is 86.7 Å². The van der Waals surface area contributed by atoms with Crippen LogP contribution in [0.4, 0.5) is 0 Å². The van der Waals surface area contributed by atoms with Crippen molar-refractivity contribution in [2.75, 3.05) is 65.9 Å². The maximum Gasteiger partial charge on any atom is 0.288 e. The minimum atomic E-state index is -0.570. The first kappa shape index (κ1) is 27.8. The van der Waals surface area contributed by atoms with Crippen molar-refractivity contribution in [1.82, 2.24) is 4.90 Å². The zero-order chi connectivity index (χ0) is 27.0. The van der Waals surface area contributed by atoms with Crippen LogP contribution in [-0.2, 0) is 34.9 Å². The Labute approximate surface area is 230 Å². The van der Waals surface area contributed by atoms with Gasteiger partial charge in [0.15, 0.2) is 5.76 Å². The Morgan fingerprint density at radius 3 is 2.56 bits per heavy atom. The van der Waals surface area contributed by atoms with Crippen LogP contribution in [0.3, 0.4) is 0 Å². The van der Waals surface area contributed by atoms with Gasteiger partial charge in [0.1, 0.15) is 0 Å². The predicted octanol–water partition coefficient (Wildman–Crippen LogP) is 3.51. The summed E-state index contributed by atoms with van der Waals surface area (Å²) in [6.45, 7) is 6.28. The van der Waals surface area contributed by atoms with Gasteiger partial charge in [-0.25, -0.2) is 0 Å². The second-order valence-electron chi connectivity index (χ2n) is 10.0. The molecule has 2 aromatic carbocycles. The molecule has 1 amide bonds. The van der Waals surface area contributed by atoms with Crippen molar-refractivity contribution in [3.05, 3.63) is 71.0 Å². The Morgan fingerprint density at radius 1 is 1.00 bits per heavy atom. The van der Waals surface area contributed by atoms with Crippen LogP contribution in [0.2, 0.25) is 0 Å². The van der Waals surface area contributed by atoms with E-state index in [9.17, 15) is 4.79 Å². The zero-order valence-corrected chi connectivity index (χ0v) is 22.7. The summed E-state index contributed by atoms with van der Waals surface area (Å²) in [5, 5.41) is 8.89. The highest BCUT2D eigenvalue weighted by atomic mass is 16.7. The van der Waals surface area contributed by atoms with E-state index in [1.165, 1.54) is 27.8 Å². The number of morpholine rings is 1. The quantitative estimate of drug-likeness (QED) is 0.354. The minimum Gasteiger partial charge on any atom is -0.459 e. The highest BCUT2D eigenvalue weighted by molar-refractivity contribution is 5.92. The van der Waals surface area contributed by atoms with E-state index < -0.39 is 6.29 Å². The van der Waals surface area contributed by atoms with Gasteiger partial charge >= 0.3 is 0 Å². The molecule has 2 heterocycles. The fraction of sp³-hybridized carbons (Fsp3) is 0.516. The van der Waals surface area contributed by atoms with Gasteiger partial charge < -0.3 is 33.7 Å². The molecular weight excluding hydrogens is 498 g/mol. The lowest BCUT2D eigenvalue weighted by Gasteiger charge is -2.39. The third-order valence-corrected chi connectivity index (χ3v) is 7.67. The highest BCUT2D eigenvalue weighted by Crippen LogP contribution is 2.45. The Bertz CT molecular complexity index is 1140. The van der Waals surface area contributed by atoms with Crippen molar-refractivity contribution < 1.29 is 33.6 Å². The number of carbonyl (C=O) groups is 1. The number of hydrogen-bond donors (Lipinski definition) is 1. The molecule has 0 aromatic heterocycles. The van der Waals surface area contributed by atoms with Crippen LogP contribution in [0, 0.1) is 5.92 Å². The minimum absolute atomic E-state index is 0.000234. The lowest BCUT2D eigenvalue weighted by Crippen LogP contribution is -2.44. The van der Waals surface area contributed by atoms with Crippen molar-refractivity contribution in [3.63, 3.8) is 0 Å². The molecule has 5 rings (SSSR count). The maximum absolute atomic E-state index is 13.5. The van der Waals surface area contributed by atoms with Gasteiger partial charge in [0.05, 0.1) is 39.6 Å². The Balaban J connectivity index is 1.44. The standard InChI is InChI=1S/C31H39NO7/c1-2-38-31-26(10-14-35-18-19-37-17-13-33)28(21-29(39-31)30(34)32-11-15-36-16-12-32)25-9-5-8-24-23-7-4-3-6-22(23)20-27(24)25/h3-9,21,26,28,31,33H,2,10-20H2,1H3/t26-,28+,31+/m0/s1. The number of aliphatic hydroxyl groups is 1. The third kappa shape index (κ3) is 6.36. The molecule has 8 heteroatoms. The summed E-state index contributed by atoms with van der Waals surface area (Å²) in [6.07, 6.45) is 3.01. The molecule has 0 radical (unpaired) electrons. The summed E-state index contributed by atoms with van der Waals surface area (Å²) in [5.74, 6) is 0.121. The molecule has 39 heavy (non-hydrogen) atoms. The van der Waals surface area contributed by atoms with Crippen LogP contribution in [0.5, 0.6) is 0 Å². The van der Waals surface area contributed by atoms with Crippen LogP contribution < -0.4 is 0 Å². The maximum atomic E-state index is 13.5. The van der Waals surface area contributed by atoms with Crippen molar-refractivity contribution in [2.45, 2.75) is 32.0 Å². The number of ether oxygens (including phenoxy) is 5. The van der Waals surface area contributed by atoms with Gasteiger partial charge in [-0.15, -0.1) is 0 Å². The molecule has 1 fully saturated rings. The molecule has 8 nitrogen and oxygen atoms in total. The Hall–Kier alpha value is -2.75. The number of benzene rings is 2. The van der Waals surface area contributed by atoms with Crippen LogP contribution in [0.25, 0.3) is 11.1 Å². The van der Waals surface area contributed by atoms with Gasteiger partial charge in [0.2, 0.25) is 6.29 Å². The molecule has 2 aliphatic heterocycles. The first-order valence-corrected chi connectivity index (χ1v) is 14.0. The predicted molar refractivity (Wildman–Crippen MR) is 146 cm³/mol. The summed E-state index contributed by atoms with van der Waals surface area (Å²) in [6, 6.07) is 15.1. The number of rotatable bonds is 12. The van der Waals surface area contributed by atoms with Gasteiger partial charge in [0.25, 0.3) is 5.91 Å². The fourth-order valence-corrected chi connectivity index (χ4v) is 5.81. The van der Waals surface area contributed by atoms with Crippen molar-refractivity contribution in [3.8, 4) is 11.1 Å². The van der Waals surface area contributed by atoms with E-state index in [1.54, 1.807) is 4.90 Å². The van der Waals surface area contributed by atoms with Gasteiger partial charge in [-0.3, -0.25) is 4.79 Å². The third-order valence-electron chi connectivity index (χ3n) is 7.67. The number of hydrogen-bond acceptors (Lipinski definition) is 7. The molecule has 0 bridgehead atoms. The molecule has 210 valence electrons. The normalized spacial score (nSPS) is 22.2. The van der Waals surface area contributed by atoms with Gasteiger partial charge in [-0.05, 0) is 53.7 Å². The first-order valence-electron chi connectivity index (χ1n) is 14.0. The molecule has 0 spiro atoms. The van der Waals surface area contributed by atoms with Crippen LogP contribution >= 0.6 is 0 Å². The highest BCUT2D eigenvalue weighted by Gasteiger charge is 2.40. The second-order valence-corrected chi connectivity index (χ2v) is 10.0. The number of allylic oxidation sites excluding steroid dienone is 1. The number of amides is 1. The summed E-state index contributed by atoms with van der Waals surface area (Å²) in [5.41, 5.74) is 6.37. The summed E-state index contributed by atoms with van der Waals surface area (Å²) < 4.78 is 29.1. The zero-order valence-electron chi connectivity index (χ0n) is 22.7. The van der Waals surface area contributed by atoms with E-state index >= 15 is 0 Å². The average molecular weight is 538 g/mol. The molecule has 1 N–H and O–H groups in total. The Morgan fingerprint density at radius 2 is 1.77 bits per heavy atom. The van der Waals surface area contributed by atoms with E-state index in [2.05, 4.69) is 42.5 Å². The Kier molecular flexibility index (Phi) is 9.66. The second kappa shape index (κ2) is 13.5. The van der Waals surface area contributed by atoms with Crippen molar-refractivity contribution >= 4 is 5.91 Å². The van der Waals surface area contributed by atoms with E-state index in [1.807, 2.05) is 13.0 Å². The molecule has 0 saturated carbocycles. The van der Waals surface area contributed by atoms with Crippen LogP contribution in [-0.4, -0.2) is 88.1 Å². The largest absolute Gasteiger partial charge is 0.459 e. The molecule has 3 aliphatic rings. The molecule has 0 unspecified atom stereocenters. The number of carbonyl (C=O) groups excluding carboxylic acids is 1. The number of nitrogens with zero attached hydrogens (tertiary/aromatic N) is 1. The molecule has 1 aliphatic carbocycles. The molecule has 1 saturated heterocycles. The van der Waals surface area contributed by atoms with Crippen molar-refractivity contribution in [2.24, 2.45) is 5.92 Å². The van der Waals surface area contributed by atoms with Crippen molar-refractivity contribution in [1.29, 1.82) is 0 Å². The smallest absolute Gasteiger partial charge is 0.288 e. The summed E-state index contributed by atoms with van der Waals surface area (Å²) >= 11 is 0. The monoisotopic (exact) mass is 537 g/mol. The van der Waals surface area contributed by atoms with Crippen LogP contribution in [0.15, 0.2) is 54.3 Å².